The maximum absolute atomic E-state index is 9.73. The molecule has 2 bridgehead atoms. The Kier molecular flexibility index (Phi) is 2.96. The number of aromatic nitrogens is 2. The van der Waals surface area contributed by atoms with E-state index in [0.717, 1.165) is 25.7 Å². The Labute approximate surface area is 105 Å². The van der Waals surface area contributed by atoms with Gasteiger partial charge in [-0.15, -0.1) is 16.7 Å². The van der Waals surface area contributed by atoms with E-state index < -0.39 is 0 Å². The van der Waals surface area contributed by atoms with Gasteiger partial charge in [0.1, 0.15) is 0 Å². The number of hydrogen-bond acceptors (Lipinski definition) is 5. The van der Waals surface area contributed by atoms with Crippen LogP contribution in [0.15, 0.2) is 4.42 Å². The molecule has 3 rings (SSSR count). The van der Waals surface area contributed by atoms with Crippen LogP contribution in [-0.2, 0) is 6.42 Å². The summed E-state index contributed by atoms with van der Waals surface area (Å²) >= 11 is 5.65. The summed E-state index contributed by atoms with van der Waals surface area (Å²) in [7, 11) is 0. The number of aryl methyl sites for hydroxylation is 1. The lowest BCUT2D eigenvalue weighted by Gasteiger charge is -2.35. The van der Waals surface area contributed by atoms with Gasteiger partial charge in [-0.2, -0.15) is 0 Å². The number of anilines is 1. The molecule has 2 aliphatic rings. The largest absolute Gasteiger partial charge is 0.408 e. The van der Waals surface area contributed by atoms with Crippen molar-refractivity contribution in [1.29, 1.82) is 0 Å². The zero-order valence-corrected chi connectivity index (χ0v) is 10.3. The monoisotopic (exact) mass is 257 g/mol. The third-order valence-corrected chi connectivity index (χ3v) is 3.88. The van der Waals surface area contributed by atoms with Gasteiger partial charge in [-0.1, -0.05) is 5.10 Å². The van der Waals surface area contributed by atoms with E-state index in [0.29, 0.717) is 36.3 Å². The molecule has 2 aliphatic heterocycles. The quantitative estimate of drug-likeness (QED) is 0.828. The highest BCUT2D eigenvalue weighted by Gasteiger charge is 2.42. The van der Waals surface area contributed by atoms with Crippen molar-refractivity contribution >= 4 is 17.6 Å². The number of nitrogens with zero attached hydrogens (tertiary/aromatic N) is 3. The van der Waals surface area contributed by atoms with Crippen LogP contribution in [0.3, 0.4) is 0 Å². The van der Waals surface area contributed by atoms with E-state index in [1.165, 1.54) is 0 Å². The van der Waals surface area contributed by atoms with E-state index in [9.17, 15) is 5.11 Å². The first-order valence-corrected chi connectivity index (χ1v) is 6.66. The number of aliphatic hydroxyl groups is 1. The Morgan fingerprint density at radius 1 is 1.29 bits per heavy atom. The lowest BCUT2D eigenvalue weighted by atomic mass is 10.0. The molecule has 17 heavy (non-hydrogen) atoms. The van der Waals surface area contributed by atoms with Crippen molar-refractivity contribution in [2.75, 3.05) is 10.8 Å². The van der Waals surface area contributed by atoms with Gasteiger partial charge in [0.25, 0.3) is 0 Å². The molecule has 3 heterocycles. The van der Waals surface area contributed by atoms with Crippen molar-refractivity contribution in [2.45, 2.75) is 50.3 Å². The van der Waals surface area contributed by atoms with Gasteiger partial charge in [-0.05, 0) is 25.7 Å². The smallest absolute Gasteiger partial charge is 0.318 e. The fourth-order valence-electron chi connectivity index (χ4n) is 2.99. The molecule has 0 amide bonds. The standard InChI is InChI=1S/C11H16ClN3O2/c12-4-3-10-13-14-11(17-10)15-7-1-2-8(15)6-9(16)5-7/h7-9,16H,1-6H2. The summed E-state index contributed by atoms with van der Waals surface area (Å²) in [4.78, 5) is 2.19. The zero-order chi connectivity index (χ0) is 11.8. The predicted molar refractivity (Wildman–Crippen MR) is 63.3 cm³/mol. The van der Waals surface area contributed by atoms with Gasteiger partial charge in [0.15, 0.2) is 0 Å². The third kappa shape index (κ3) is 2.02. The lowest BCUT2D eigenvalue weighted by molar-refractivity contribution is 0.124. The van der Waals surface area contributed by atoms with Crippen LogP contribution in [0, 0.1) is 0 Å². The first-order valence-electron chi connectivity index (χ1n) is 6.12. The summed E-state index contributed by atoms with van der Waals surface area (Å²) in [5, 5.41) is 17.8. The van der Waals surface area contributed by atoms with E-state index >= 15 is 0 Å². The van der Waals surface area contributed by atoms with Crippen molar-refractivity contribution in [2.24, 2.45) is 0 Å². The first kappa shape index (κ1) is 11.3. The minimum Gasteiger partial charge on any atom is -0.408 e. The van der Waals surface area contributed by atoms with E-state index in [-0.39, 0.29) is 6.10 Å². The second kappa shape index (κ2) is 4.46. The average Bonchev–Trinajstić information content (AvgIpc) is 2.83. The second-order valence-corrected chi connectivity index (χ2v) is 5.21. The number of aliphatic hydroxyl groups excluding tert-OH is 1. The fraction of sp³-hybridized carbons (Fsp3) is 0.818. The molecular formula is C11H16ClN3O2. The van der Waals surface area contributed by atoms with Crippen LogP contribution in [-0.4, -0.2) is 39.4 Å². The molecule has 1 aromatic rings. The number of hydrogen-bond donors (Lipinski definition) is 1. The molecule has 2 fully saturated rings. The summed E-state index contributed by atoms with van der Waals surface area (Å²) < 4.78 is 5.62. The third-order valence-electron chi connectivity index (χ3n) is 3.69. The van der Waals surface area contributed by atoms with Crippen molar-refractivity contribution < 1.29 is 9.52 Å². The molecule has 0 aromatic carbocycles. The summed E-state index contributed by atoms with van der Waals surface area (Å²) in [6.07, 6.45) is 4.27. The number of rotatable bonds is 3. The van der Waals surface area contributed by atoms with Crippen LogP contribution in [0.1, 0.15) is 31.6 Å². The molecule has 0 aliphatic carbocycles. The number of halogens is 1. The molecule has 6 heteroatoms. The van der Waals surface area contributed by atoms with Gasteiger partial charge in [-0.3, -0.25) is 0 Å². The predicted octanol–water partition coefficient (Wildman–Crippen LogP) is 1.34. The minimum atomic E-state index is -0.172. The summed E-state index contributed by atoms with van der Waals surface area (Å²) in [6.45, 7) is 0. The molecule has 2 saturated heterocycles. The summed E-state index contributed by atoms with van der Waals surface area (Å²) in [5.41, 5.74) is 0. The molecule has 5 nitrogen and oxygen atoms in total. The normalized spacial score (nSPS) is 32.1. The number of alkyl halides is 1. The zero-order valence-electron chi connectivity index (χ0n) is 9.55. The van der Waals surface area contributed by atoms with E-state index in [1.807, 2.05) is 0 Å². The Bertz CT molecular complexity index is 384. The molecule has 1 aromatic heterocycles. The van der Waals surface area contributed by atoms with Gasteiger partial charge in [0, 0.05) is 24.4 Å². The minimum absolute atomic E-state index is 0.172. The topological polar surface area (TPSA) is 62.4 Å². The highest BCUT2D eigenvalue weighted by molar-refractivity contribution is 6.17. The molecule has 1 N–H and O–H groups in total. The van der Waals surface area contributed by atoms with Crippen LogP contribution in [0.25, 0.3) is 0 Å². The van der Waals surface area contributed by atoms with Gasteiger partial charge in [0.05, 0.1) is 6.10 Å². The van der Waals surface area contributed by atoms with Crippen LogP contribution in [0.2, 0.25) is 0 Å². The van der Waals surface area contributed by atoms with E-state index in [1.54, 1.807) is 0 Å². The second-order valence-electron chi connectivity index (χ2n) is 4.83. The highest BCUT2D eigenvalue weighted by atomic mass is 35.5. The van der Waals surface area contributed by atoms with Gasteiger partial charge in [0.2, 0.25) is 5.89 Å². The van der Waals surface area contributed by atoms with Crippen LogP contribution in [0.4, 0.5) is 6.01 Å². The van der Waals surface area contributed by atoms with E-state index in [4.69, 9.17) is 16.0 Å². The fourth-order valence-corrected chi connectivity index (χ4v) is 3.15. The van der Waals surface area contributed by atoms with Gasteiger partial charge in [-0.25, -0.2) is 0 Å². The Morgan fingerprint density at radius 2 is 2.00 bits per heavy atom. The van der Waals surface area contributed by atoms with Gasteiger partial charge < -0.3 is 14.4 Å². The molecule has 2 atom stereocenters. The van der Waals surface area contributed by atoms with Gasteiger partial charge >= 0.3 is 6.01 Å². The van der Waals surface area contributed by atoms with Crippen LogP contribution >= 0.6 is 11.6 Å². The van der Waals surface area contributed by atoms with E-state index in [2.05, 4.69) is 15.1 Å². The molecular weight excluding hydrogens is 242 g/mol. The molecule has 2 unspecified atom stereocenters. The van der Waals surface area contributed by atoms with Crippen LogP contribution < -0.4 is 4.90 Å². The number of piperidine rings is 1. The molecule has 0 spiro atoms. The van der Waals surface area contributed by atoms with Crippen molar-refractivity contribution in [1.82, 2.24) is 10.2 Å². The van der Waals surface area contributed by atoms with Crippen molar-refractivity contribution in [3.63, 3.8) is 0 Å². The maximum Gasteiger partial charge on any atom is 0.318 e. The summed E-state index contributed by atoms with van der Waals surface area (Å²) in [5.74, 6) is 1.09. The SMILES string of the molecule is OC1CC2CCC(C1)N2c1nnc(CCCl)o1. The lowest BCUT2D eigenvalue weighted by Crippen LogP contribution is -2.45. The highest BCUT2D eigenvalue weighted by Crippen LogP contribution is 2.38. The maximum atomic E-state index is 9.73. The van der Waals surface area contributed by atoms with Crippen molar-refractivity contribution in [3.05, 3.63) is 5.89 Å². The Balaban J connectivity index is 1.79. The average molecular weight is 258 g/mol. The Morgan fingerprint density at radius 3 is 2.65 bits per heavy atom. The molecule has 94 valence electrons. The molecule has 0 saturated carbocycles. The first-order chi connectivity index (χ1) is 8.28. The van der Waals surface area contributed by atoms with Crippen molar-refractivity contribution in [3.8, 4) is 0 Å². The summed E-state index contributed by atoms with van der Waals surface area (Å²) in [6, 6.07) is 1.31. The van der Waals surface area contributed by atoms with Crippen LogP contribution in [0.5, 0.6) is 0 Å². The molecule has 0 radical (unpaired) electrons. The Hall–Kier alpha value is -0.810. The number of fused-ring (bicyclic) bond motifs is 2.